The Hall–Kier alpha value is -1.94. The number of phosphoric ester groups is 2. The van der Waals surface area contributed by atoms with Crippen molar-refractivity contribution < 1.29 is 80.2 Å². The number of rotatable bonds is 80. The van der Waals surface area contributed by atoms with E-state index in [1.165, 1.54) is 231 Å². The highest BCUT2D eigenvalue weighted by Gasteiger charge is 2.30. The maximum atomic E-state index is 13.1. The molecule has 2 unspecified atom stereocenters. The Balaban J connectivity index is 5.24. The normalized spacial score (nSPS) is 14.0. The van der Waals surface area contributed by atoms with E-state index in [1.54, 1.807) is 0 Å². The van der Waals surface area contributed by atoms with E-state index in [1.807, 2.05) is 0 Å². The highest BCUT2D eigenvalue weighted by atomic mass is 31.2. The number of phosphoric acid groups is 2. The summed E-state index contributed by atoms with van der Waals surface area (Å²) >= 11 is 0. The Bertz CT molecular complexity index is 1960. The van der Waals surface area contributed by atoms with E-state index in [0.29, 0.717) is 31.6 Å². The smallest absolute Gasteiger partial charge is 0.462 e. The second-order valence-electron chi connectivity index (χ2n) is 30.9. The van der Waals surface area contributed by atoms with Crippen LogP contribution in [0.4, 0.5) is 0 Å². The van der Waals surface area contributed by atoms with Gasteiger partial charge in [-0.1, -0.05) is 376 Å². The zero-order valence-corrected chi connectivity index (χ0v) is 68.2. The minimum Gasteiger partial charge on any atom is -0.462 e. The topological polar surface area (TPSA) is 237 Å². The maximum Gasteiger partial charge on any atom is 0.472 e. The first kappa shape index (κ1) is 99.1. The summed E-state index contributed by atoms with van der Waals surface area (Å²) in [5, 5.41) is 10.6. The molecule has 600 valence electrons. The fourth-order valence-electron chi connectivity index (χ4n) is 12.7. The Kier molecular flexibility index (Phi) is 70.9. The molecule has 0 fully saturated rings. The van der Waals surface area contributed by atoms with Gasteiger partial charge in [-0.3, -0.25) is 37.3 Å². The molecule has 0 aliphatic heterocycles. The van der Waals surface area contributed by atoms with Crippen LogP contribution in [0.2, 0.25) is 0 Å². The molecule has 0 bridgehead atoms. The van der Waals surface area contributed by atoms with E-state index in [4.69, 9.17) is 37.0 Å². The number of ether oxygens (including phenoxy) is 4. The van der Waals surface area contributed by atoms with Crippen molar-refractivity contribution in [2.24, 2.45) is 17.8 Å². The van der Waals surface area contributed by atoms with Crippen LogP contribution in [0, 0.1) is 17.8 Å². The molecular weight excluding hydrogens is 1320 g/mol. The van der Waals surface area contributed by atoms with E-state index in [0.717, 1.165) is 108 Å². The monoisotopic (exact) mass is 1480 g/mol. The molecular formula is C82H160O17P2. The van der Waals surface area contributed by atoms with Crippen molar-refractivity contribution in [3.05, 3.63) is 0 Å². The van der Waals surface area contributed by atoms with Gasteiger partial charge < -0.3 is 33.8 Å². The SMILES string of the molecule is CCCCCCCCCCCCCCCCCCCCCCC(=O)O[C@H](COC(=O)CCCCCCCCCCCCCCCC(C)C)COP(=O)(O)OC[C@@H](O)COP(=O)(O)OC[C@@H](COC(=O)CCCCCCCCCC(C)C)OC(=O)CCCCCCCCCCCCCCC(C)C. The van der Waals surface area contributed by atoms with Crippen LogP contribution < -0.4 is 0 Å². The molecule has 3 N–H and O–H groups in total. The predicted octanol–water partition coefficient (Wildman–Crippen LogP) is 24.5. The summed E-state index contributed by atoms with van der Waals surface area (Å²) < 4.78 is 68.7. The second-order valence-corrected chi connectivity index (χ2v) is 33.8. The first-order valence-corrected chi connectivity index (χ1v) is 45.3. The first-order chi connectivity index (χ1) is 48.7. The summed E-state index contributed by atoms with van der Waals surface area (Å²) in [7, 11) is -9.92. The van der Waals surface area contributed by atoms with Crippen LogP contribution in [-0.2, 0) is 65.4 Å². The molecule has 101 heavy (non-hydrogen) atoms. The van der Waals surface area contributed by atoms with Crippen molar-refractivity contribution >= 4 is 39.5 Å². The van der Waals surface area contributed by atoms with Crippen LogP contribution in [0.3, 0.4) is 0 Å². The summed E-state index contributed by atoms with van der Waals surface area (Å²) in [6, 6.07) is 0. The van der Waals surface area contributed by atoms with Crippen molar-refractivity contribution in [2.45, 2.75) is 446 Å². The summed E-state index contributed by atoms with van der Waals surface area (Å²) in [6.45, 7) is 11.9. The predicted molar refractivity (Wildman–Crippen MR) is 414 cm³/mol. The number of aliphatic hydroxyl groups is 1. The van der Waals surface area contributed by atoms with E-state index in [9.17, 15) is 43.2 Å². The average molecular weight is 1480 g/mol. The van der Waals surface area contributed by atoms with Crippen molar-refractivity contribution in [1.82, 2.24) is 0 Å². The zero-order chi connectivity index (χ0) is 74.4. The van der Waals surface area contributed by atoms with Gasteiger partial charge in [-0.2, -0.15) is 0 Å². The fraction of sp³-hybridized carbons (Fsp3) is 0.951. The highest BCUT2D eigenvalue weighted by molar-refractivity contribution is 7.47. The van der Waals surface area contributed by atoms with Crippen LogP contribution in [-0.4, -0.2) is 96.7 Å². The molecule has 0 aromatic rings. The van der Waals surface area contributed by atoms with E-state index < -0.39 is 97.5 Å². The molecule has 5 atom stereocenters. The molecule has 19 heteroatoms. The lowest BCUT2D eigenvalue weighted by molar-refractivity contribution is -0.161. The van der Waals surface area contributed by atoms with Crippen LogP contribution >= 0.6 is 15.6 Å². The highest BCUT2D eigenvalue weighted by Crippen LogP contribution is 2.45. The van der Waals surface area contributed by atoms with Gasteiger partial charge in [-0.15, -0.1) is 0 Å². The standard InChI is InChI=1S/C82H160O17P2/c1-8-9-10-11-12-13-14-15-16-17-18-19-20-21-24-31-36-43-51-58-65-81(86)98-77(69-92-79(84)63-56-49-42-35-30-25-22-23-28-33-39-46-53-60-73(2)3)71-96-100(88,89)94-67-76(83)68-95-101(90,91)97-72-78(70-93-80(85)64-57-50-45-38-41-48-55-62-75(6)7)99-82(87)66-59-52-44-37-32-27-26-29-34-40-47-54-61-74(4)5/h73-78,83H,8-72H2,1-7H3,(H,88,89)(H,90,91)/t76-,77-,78-/m1/s1. The van der Waals surface area contributed by atoms with Gasteiger partial charge in [0.2, 0.25) is 0 Å². The van der Waals surface area contributed by atoms with Gasteiger partial charge in [0.25, 0.3) is 0 Å². The Morgan fingerprint density at radius 1 is 0.267 bits per heavy atom. The number of unbranched alkanes of at least 4 members (excludes halogenated alkanes) is 48. The number of carbonyl (C=O) groups excluding carboxylic acids is 4. The minimum absolute atomic E-state index is 0.106. The lowest BCUT2D eigenvalue weighted by Gasteiger charge is -2.21. The van der Waals surface area contributed by atoms with Crippen molar-refractivity contribution in [3.63, 3.8) is 0 Å². The molecule has 0 saturated carbocycles. The third-order valence-electron chi connectivity index (χ3n) is 19.1. The summed E-state index contributed by atoms with van der Waals surface area (Å²) in [5.74, 6) is 0.162. The van der Waals surface area contributed by atoms with Gasteiger partial charge in [0.05, 0.1) is 26.4 Å². The molecule has 0 rings (SSSR count). The van der Waals surface area contributed by atoms with Crippen molar-refractivity contribution in [2.75, 3.05) is 39.6 Å². The van der Waals surface area contributed by atoms with Gasteiger partial charge in [-0.05, 0) is 43.4 Å². The van der Waals surface area contributed by atoms with Crippen molar-refractivity contribution in [1.29, 1.82) is 0 Å². The minimum atomic E-state index is -4.96. The largest absolute Gasteiger partial charge is 0.472 e. The lowest BCUT2D eigenvalue weighted by Crippen LogP contribution is -2.30. The van der Waals surface area contributed by atoms with Gasteiger partial charge in [0.15, 0.2) is 12.2 Å². The van der Waals surface area contributed by atoms with Gasteiger partial charge in [0, 0.05) is 25.7 Å². The summed E-state index contributed by atoms with van der Waals surface area (Å²) in [5.41, 5.74) is 0. The lowest BCUT2D eigenvalue weighted by atomic mass is 10.0. The first-order valence-electron chi connectivity index (χ1n) is 42.3. The molecule has 0 heterocycles. The number of esters is 4. The van der Waals surface area contributed by atoms with Crippen LogP contribution in [0.1, 0.15) is 427 Å². The second kappa shape index (κ2) is 72.3. The fourth-order valence-corrected chi connectivity index (χ4v) is 14.2. The van der Waals surface area contributed by atoms with Crippen LogP contribution in [0.5, 0.6) is 0 Å². The quantitative estimate of drug-likeness (QED) is 0.0222. The summed E-state index contributed by atoms with van der Waals surface area (Å²) in [6.07, 6.45) is 61.2. The van der Waals surface area contributed by atoms with Crippen molar-refractivity contribution in [3.8, 4) is 0 Å². The van der Waals surface area contributed by atoms with Gasteiger partial charge >= 0.3 is 39.5 Å². The molecule has 0 amide bonds. The van der Waals surface area contributed by atoms with E-state index in [2.05, 4.69) is 48.5 Å². The number of carbonyl (C=O) groups is 4. The van der Waals surface area contributed by atoms with E-state index in [-0.39, 0.29) is 25.7 Å². The third kappa shape index (κ3) is 76.1. The Morgan fingerprint density at radius 2 is 0.455 bits per heavy atom. The molecule has 0 aromatic heterocycles. The molecule has 17 nitrogen and oxygen atoms in total. The average Bonchev–Trinajstić information content (AvgIpc) is 0.927. The number of hydrogen-bond acceptors (Lipinski definition) is 15. The van der Waals surface area contributed by atoms with Gasteiger partial charge in [-0.25, -0.2) is 9.13 Å². The Morgan fingerprint density at radius 3 is 0.673 bits per heavy atom. The van der Waals surface area contributed by atoms with Gasteiger partial charge in [0.1, 0.15) is 19.3 Å². The van der Waals surface area contributed by atoms with Crippen LogP contribution in [0.15, 0.2) is 0 Å². The molecule has 0 saturated heterocycles. The summed E-state index contributed by atoms with van der Waals surface area (Å²) in [4.78, 5) is 73.1. The molecule has 0 radical (unpaired) electrons. The molecule has 0 aliphatic rings. The Labute approximate surface area is 619 Å². The van der Waals surface area contributed by atoms with Crippen LogP contribution in [0.25, 0.3) is 0 Å². The molecule has 0 aromatic carbocycles. The van der Waals surface area contributed by atoms with E-state index >= 15 is 0 Å². The number of aliphatic hydroxyl groups excluding tert-OH is 1. The number of hydrogen-bond donors (Lipinski definition) is 3. The molecule has 0 aliphatic carbocycles. The maximum absolute atomic E-state index is 13.1. The molecule has 0 spiro atoms. The zero-order valence-electron chi connectivity index (χ0n) is 66.4. The third-order valence-corrected chi connectivity index (χ3v) is 21.0.